The first-order chi connectivity index (χ1) is 8.49. The molecule has 2 aromatic rings. The van der Waals surface area contributed by atoms with Crippen LogP contribution in [0.5, 0.6) is 0 Å². The van der Waals surface area contributed by atoms with Gasteiger partial charge in [0.05, 0.1) is 11.9 Å². The highest BCUT2D eigenvalue weighted by atomic mass is 16.4. The van der Waals surface area contributed by atoms with Crippen molar-refractivity contribution in [1.29, 1.82) is 0 Å². The van der Waals surface area contributed by atoms with E-state index in [1.807, 2.05) is 13.0 Å². The molecule has 0 amide bonds. The first-order valence-electron chi connectivity index (χ1n) is 5.25. The molecule has 0 spiro atoms. The van der Waals surface area contributed by atoms with E-state index in [-0.39, 0.29) is 0 Å². The van der Waals surface area contributed by atoms with Gasteiger partial charge < -0.3 is 5.11 Å². The SMILES string of the molecule is Cc1cncc(-n2nc(C(=O)O)c(=O)cc2C)c1. The number of carbonyl (C=O) groups is 1. The highest BCUT2D eigenvalue weighted by Crippen LogP contribution is 2.09. The number of aromatic carboxylic acids is 1. The van der Waals surface area contributed by atoms with Gasteiger partial charge in [-0.1, -0.05) is 0 Å². The van der Waals surface area contributed by atoms with Crippen LogP contribution in [0, 0.1) is 13.8 Å². The summed E-state index contributed by atoms with van der Waals surface area (Å²) < 4.78 is 1.39. The van der Waals surface area contributed by atoms with Crippen molar-refractivity contribution < 1.29 is 9.90 Å². The third-order valence-corrected chi connectivity index (χ3v) is 2.42. The van der Waals surface area contributed by atoms with Gasteiger partial charge in [-0.25, -0.2) is 9.48 Å². The summed E-state index contributed by atoms with van der Waals surface area (Å²) in [5, 5.41) is 12.7. The molecule has 1 N–H and O–H groups in total. The molecule has 0 atom stereocenters. The second-order valence-corrected chi connectivity index (χ2v) is 3.94. The Bertz CT molecular complexity index is 677. The monoisotopic (exact) mass is 245 g/mol. The normalized spacial score (nSPS) is 10.3. The van der Waals surface area contributed by atoms with Gasteiger partial charge in [-0.15, -0.1) is 0 Å². The third-order valence-electron chi connectivity index (χ3n) is 2.42. The molecular formula is C12H11N3O3. The van der Waals surface area contributed by atoms with E-state index in [1.165, 1.54) is 10.7 Å². The van der Waals surface area contributed by atoms with Gasteiger partial charge in [-0.3, -0.25) is 9.78 Å². The molecule has 2 heterocycles. The molecule has 0 unspecified atom stereocenters. The summed E-state index contributed by atoms with van der Waals surface area (Å²) in [5.41, 5.74) is 0.996. The molecule has 0 saturated carbocycles. The minimum absolute atomic E-state index is 0.498. The number of carboxylic acids is 1. The average Bonchev–Trinajstić information content (AvgIpc) is 2.28. The number of aromatic nitrogens is 3. The zero-order chi connectivity index (χ0) is 13.3. The topological polar surface area (TPSA) is 85.1 Å². The molecule has 0 radical (unpaired) electrons. The van der Waals surface area contributed by atoms with Crippen LogP contribution < -0.4 is 5.43 Å². The fraction of sp³-hybridized carbons (Fsp3) is 0.167. The molecule has 0 bridgehead atoms. The lowest BCUT2D eigenvalue weighted by molar-refractivity contribution is 0.0686. The first-order valence-corrected chi connectivity index (χ1v) is 5.25. The van der Waals surface area contributed by atoms with Crippen molar-refractivity contribution in [3.8, 4) is 5.69 Å². The van der Waals surface area contributed by atoms with Crippen LogP contribution in [-0.2, 0) is 0 Å². The Hall–Kier alpha value is -2.50. The third kappa shape index (κ3) is 2.13. The average molecular weight is 245 g/mol. The lowest BCUT2D eigenvalue weighted by Crippen LogP contribution is -2.22. The molecule has 0 saturated heterocycles. The van der Waals surface area contributed by atoms with Crippen LogP contribution in [0.25, 0.3) is 5.69 Å². The molecule has 0 aromatic carbocycles. The molecule has 18 heavy (non-hydrogen) atoms. The number of aryl methyl sites for hydroxylation is 2. The number of nitrogens with zero attached hydrogens (tertiary/aromatic N) is 3. The standard InChI is InChI=1S/C12H11N3O3/c1-7-3-9(6-13-5-7)15-8(2)4-10(16)11(14-15)12(17)18/h3-6H,1-2H3,(H,17,18). The molecule has 2 rings (SSSR count). The molecule has 92 valence electrons. The van der Waals surface area contributed by atoms with Crippen molar-refractivity contribution in [2.24, 2.45) is 0 Å². The summed E-state index contributed by atoms with van der Waals surface area (Å²) in [4.78, 5) is 26.4. The van der Waals surface area contributed by atoms with Crippen LogP contribution in [0.15, 0.2) is 29.3 Å². The Morgan fingerprint density at radius 3 is 2.61 bits per heavy atom. The predicted octanol–water partition coefficient (Wildman–Crippen LogP) is 0.943. The zero-order valence-electron chi connectivity index (χ0n) is 9.91. The maximum Gasteiger partial charge on any atom is 0.360 e. The van der Waals surface area contributed by atoms with Gasteiger partial charge in [0, 0.05) is 18.0 Å². The van der Waals surface area contributed by atoms with Crippen molar-refractivity contribution >= 4 is 5.97 Å². The van der Waals surface area contributed by atoms with E-state index in [4.69, 9.17) is 5.11 Å². The van der Waals surface area contributed by atoms with Crippen molar-refractivity contribution in [2.45, 2.75) is 13.8 Å². The fourth-order valence-electron chi connectivity index (χ4n) is 1.61. The summed E-state index contributed by atoms with van der Waals surface area (Å²) >= 11 is 0. The summed E-state index contributed by atoms with van der Waals surface area (Å²) in [7, 11) is 0. The van der Waals surface area contributed by atoms with Gasteiger partial charge in [-0.05, 0) is 25.5 Å². The van der Waals surface area contributed by atoms with Gasteiger partial charge in [0.2, 0.25) is 11.1 Å². The Morgan fingerprint density at radius 1 is 1.28 bits per heavy atom. The van der Waals surface area contributed by atoms with E-state index in [1.54, 1.807) is 19.3 Å². The predicted molar refractivity (Wildman–Crippen MR) is 64.1 cm³/mol. The Kier molecular flexibility index (Phi) is 2.93. The van der Waals surface area contributed by atoms with Crippen LogP contribution in [-0.4, -0.2) is 25.8 Å². The van der Waals surface area contributed by atoms with E-state index in [9.17, 15) is 9.59 Å². The minimum atomic E-state index is -1.34. The molecule has 6 nitrogen and oxygen atoms in total. The minimum Gasteiger partial charge on any atom is -0.476 e. The summed E-state index contributed by atoms with van der Waals surface area (Å²) in [6.07, 6.45) is 3.24. The van der Waals surface area contributed by atoms with Crippen molar-refractivity contribution in [2.75, 3.05) is 0 Å². The second kappa shape index (κ2) is 4.40. The van der Waals surface area contributed by atoms with Crippen molar-refractivity contribution in [3.05, 3.63) is 51.7 Å². The number of hydrogen-bond acceptors (Lipinski definition) is 4. The lowest BCUT2D eigenvalue weighted by Gasteiger charge is -2.09. The molecular weight excluding hydrogens is 234 g/mol. The van der Waals surface area contributed by atoms with Crippen LogP contribution in [0.3, 0.4) is 0 Å². The number of pyridine rings is 1. The maximum absolute atomic E-state index is 11.5. The van der Waals surface area contributed by atoms with Gasteiger partial charge in [0.25, 0.3) is 0 Å². The van der Waals surface area contributed by atoms with Crippen LogP contribution in [0.1, 0.15) is 21.7 Å². The van der Waals surface area contributed by atoms with E-state index < -0.39 is 17.1 Å². The fourth-order valence-corrected chi connectivity index (χ4v) is 1.61. The molecule has 0 aliphatic carbocycles. The highest BCUT2D eigenvalue weighted by Gasteiger charge is 2.13. The van der Waals surface area contributed by atoms with Crippen molar-refractivity contribution in [1.82, 2.24) is 14.8 Å². The summed E-state index contributed by atoms with van der Waals surface area (Å²) in [6, 6.07) is 3.06. The van der Waals surface area contributed by atoms with Gasteiger partial charge in [0.15, 0.2) is 0 Å². The lowest BCUT2D eigenvalue weighted by atomic mass is 10.2. The number of carboxylic acid groups (broad SMARTS) is 1. The van der Waals surface area contributed by atoms with Gasteiger partial charge >= 0.3 is 5.97 Å². The molecule has 2 aromatic heterocycles. The van der Waals surface area contributed by atoms with Gasteiger partial charge in [-0.2, -0.15) is 5.10 Å². The smallest absolute Gasteiger partial charge is 0.360 e. The Morgan fingerprint density at radius 2 is 2.00 bits per heavy atom. The molecule has 0 fully saturated rings. The van der Waals surface area contributed by atoms with Crippen LogP contribution in [0.4, 0.5) is 0 Å². The Labute approximate surface area is 103 Å². The first kappa shape index (κ1) is 12.0. The highest BCUT2D eigenvalue weighted by molar-refractivity contribution is 5.84. The van der Waals surface area contributed by atoms with Gasteiger partial charge in [0.1, 0.15) is 0 Å². The number of rotatable bonds is 2. The quantitative estimate of drug-likeness (QED) is 0.851. The Balaban J connectivity index is 2.68. The van der Waals surface area contributed by atoms with Crippen LogP contribution in [0.2, 0.25) is 0 Å². The van der Waals surface area contributed by atoms with E-state index in [2.05, 4.69) is 10.1 Å². The summed E-state index contributed by atoms with van der Waals surface area (Å²) in [6.45, 7) is 3.55. The molecule has 6 heteroatoms. The molecule has 0 aliphatic heterocycles. The van der Waals surface area contributed by atoms with Crippen molar-refractivity contribution in [3.63, 3.8) is 0 Å². The second-order valence-electron chi connectivity index (χ2n) is 3.94. The maximum atomic E-state index is 11.5. The van der Waals surface area contributed by atoms with E-state index >= 15 is 0 Å². The largest absolute Gasteiger partial charge is 0.476 e. The van der Waals surface area contributed by atoms with E-state index in [0.29, 0.717) is 11.4 Å². The van der Waals surface area contributed by atoms with Crippen LogP contribution >= 0.6 is 0 Å². The number of hydrogen-bond donors (Lipinski definition) is 1. The molecule has 0 aliphatic rings. The van der Waals surface area contributed by atoms with E-state index in [0.717, 1.165) is 5.56 Å². The zero-order valence-corrected chi connectivity index (χ0v) is 9.91. The summed E-state index contributed by atoms with van der Waals surface area (Å²) in [5.74, 6) is -1.34.